The van der Waals surface area contributed by atoms with Crippen molar-refractivity contribution in [2.45, 2.75) is 6.18 Å². The molecule has 0 bridgehead atoms. The molecule has 0 radical (unpaired) electrons. The molecule has 0 unspecified atom stereocenters. The van der Waals surface area contributed by atoms with E-state index < -0.39 is 28.8 Å². The molecule has 12 heteroatoms. The van der Waals surface area contributed by atoms with Crippen molar-refractivity contribution in [3.05, 3.63) is 53.2 Å². The molecule has 0 aliphatic carbocycles. The van der Waals surface area contributed by atoms with Crippen molar-refractivity contribution in [1.29, 1.82) is 0 Å². The molecule has 0 spiro atoms. The van der Waals surface area contributed by atoms with Gasteiger partial charge in [0, 0.05) is 37.8 Å². The monoisotopic (exact) mass is 480 g/mol. The molecule has 0 saturated carbocycles. The van der Waals surface area contributed by atoms with Gasteiger partial charge < -0.3 is 15.5 Å². The first kappa shape index (κ1) is 22.7. The van der Waals surface area contributed by atoms with E-state index in [1.54, 1.807) is 6.20 Å². The van der Waals surface area contributed by atoms with E-state index in [1.165, 1.54) is 12.1 Å². The summed E-state index contributed by atoms with van der Waals surface area (Å²) < 4.78 is 56.2. The third-order valence-electron chi connectivity index (χ3n) is 5.25. The summed E-state index contributed by atoms with van der Waals surface area (Å²) in [5.41, 5.74) is 3.00. The number of nitrogen functional groups attached to an aromatic ring is 1. The Balaban J connectivity index is 1.80. The normalized spacial score (nSPS) is 14.9. The van der Waals surface area contributed by atoms with Crippen molar-refractivity contribution >= 4 is 40.4 Å². The molecule has 7 nitrogen and oxygen atoms in total. The summed E-state index contributed by atoms with van der Waals surface area (Å²) in [5, 5.41) is -0.00898. The molecule has 1 aliphatic heterocycles. The molecule has 2 aromatic heterocycles. The molecule has 0 amide bonds. The average Bonchev–Trinajstić information content (AvgIpc) is 2.77. The van der Waals surface area contributed by atoms with Crippen LogP contribution < -0.4 is 10.6 Å². The zero-order chi connectivity index (χ0) is 23.8. The van der Waals surface area contributed by atoms with Crippen LogP contribution in [-0.4, -0.2) is 52.3 Å². The molecule has 1 aliphatic rings. The summed E-state index contributed by atoms with van der Waals surface area (Å²) in [7, 11) is 0. The van der Waals surface area contributed by atoms with E-state index in [1.807, 2.05) is 9.80 Å². The minimum absolute atomic E-state index is 0.181. The molecule has 3 heterocycles. The van der Waals surface area contributed by atoms with Crippen LogP contribution in [0, 0.1) is 5.82 Å². The number of piperazine rings is 1. The second-order valence-electron chi connectivity index (χ2n) is 7.27. The highest BCUT2D eigenvalue weighted by atomic mass is 35.5. The number of rotatable bonds is 4. The van der Waals surface area contributed by atoms with E-state index >= 15 is 4.39 Å². The van der Waals surface area contributed by atoms with Crippen LogP contribution in [0.3, 0.4) is 0 Å². The smallest absolute Gasteiger partial charge is 0.384 e. The fourth-order valence-corrected chi connectivity index (χ4v) is 4.00. The van der Waals surface area contributed by atoms with E-state index in [2.05, 4.69) is 15.0 Å². The lowest BCUT2D eigenvalue weighted by Gasteiger charge is -2.35. The van der Waals surface area contributed by atoms with Crippen LogP contribution in [0.4, 0.5) is 29.2 Å². The molecule has 1 fully saturated rings. The summed E-state index contributed by atoms with van der Waals surface area (Å²) in [6, 6.07) is 3.07. The van der Waals surface area contributed by atoms with E-state index in [-0.39, 0.29) is 21.7 Å². The van der Waals surface area contributed by atoms with Crippen molar-refractivity contribution in [2.75, 3.05) is 36.8 Å². The molecule has 3 aromatic rings. The van der Waals surface area contributed by atoms with Crippen LogP contribution in [0.5, 0.6) is 0 Å². The van der Waals surface area contributed by atoms with E-state index in [0.717, 1.165) is 18.5 Å². The first-order valence-corrected chi connectivity index (χ1v) is 10.2. The SMILES string of the molecule is Nc1ccc(C(F)(F)F)c(-c2c(Cl)cc3c(N4CCN(C=CC=O)CC4)ncnc3c2F)n1. The number of halogens is 5. The minimum Gasteiger partial charge on any atom is -0.384 e. The molecule has 1 aromatic carbocycles. The first-order valence-electron chi connectivity index (χ1n) is 9.78. The van der Waals surface area contributed by atoms with Crippen LogP contribution in [0.2, 0.25) is 5.02 Å². The lowest BCUT2D eigenvalue weighted by molar-refractivity contribution is -0.137. The third-order valence-corrected chi connectivity index (χ3v) is 5.55. The summed E-state index contributed by atoms with van der Waals surface area (Å²) in [6.45, 7) is 2.22. The average molecular weight is 481 g/mol. The summed E-state index contributed by atoms with van der Waals surface area (Å²) >= 11 is 6.30. The number of carbonyl (C=O) groups is 1. The van der Waals surface area contributed by atoms with Gasteiger partial charge in [0.2, 0.25) is 0 Å². The minimum atomic E-state index is -4.80. The van der Waals surface area contributed by atoms with E-state index in [4.69, 9.17) is 17.3 Å². The number of benzene rings is 1. The second kappa shape index (κ2) is 8.81. The standard InChI is InChI=1S/C21H17ClF4N6O/c22-14-10-12-18(17(23)16(14)19-13(21(24,25)26)2-3-15(27)30-19)28-11-29-20(12)32-7-5-31(6-8-32)4-1-9-33/h1-4,9-11H,5-8H2,(H2,27,30). The summed E-state index contributed by atoms with van der Waals surface area (Å²) in [5.74, 6) is -0.848. The molecule has 33 heavy (non-hydrogen) atoms. The Kier molecular flexibility index (Phi) is 6.07. The Morgan fingerprint density at radius 1 is 1.12 bits per heavy atom. The van der Waals surface area contributed by atoms with Gasteiger partial charge in [0.1, 0.15) is 29.8 Å². The van der Waals surface area contributed by atoms with Gasteiger partial charge in [0.25, 0.3) is 0 Å². The Morgan fingerprint density at radius 2 is 1.85 bits per heavy atom. The topological polar surface area (TPSA) is 88.2 Å². The third kappa shape index (κ3) is 4.40. The first-order chi connectivity index (χ1) is 15.7. The Hall–Kier alpha value is -3.47. The molecule has 2 N–H and O–H groups in total. The van der Waals surface area contributed by atoms with Crippen molar-refractivity contribution in [3.8, 4) is 11.3 Å². The number of hydrogen-bond acceptors (Lipinski definition) is 7. The van der Waals surface area contributed by atoms with Crippen molar-refractivity contribution in [2.24, 2.45) is 0 Å². The number of fused-ring (bicyclic) bond motifs is 1. The predicted molar refractivity (Wildman–Crippen MR) is 116 cm³/mol. The molecular formula is C21H17ClF4N6O. The van der Waals surface area contributed by atoms with Gasteiger partial charge in [-0.15, -0.1) is 0 Å². The van der Waals surface area contributed by atoms with Gasteiger partial charge in [-0.2, -0.15) is 13.2 Å². The number of allylic oxidation sites excluding steroid dienone is 1. The zero-order valence-corrected chi connectivity index (χ0v) is 17.7. The summed E-state index contributed by atoms with van der Waals surface area (Å²) in [4.78, 5) is 26.3. The highest BCUT2D eigenvalue weighted by Crippen LogP contribution is 2.42. The van der Waals surface area contributed by atoms with Crippen molar-refractivity contribution in [3.63, 3.8) is 0 Å². The maximum Gasteiger partial charge on any atom is 0.418 e. The molecule has 4 rings (SSSR count). The van der Waals surface area contributed by atoms with Crippen LogP contribution in [0.1, 0.15) is 5.56 Å². The van der Waals surface area contributed by atoms with Crippen LogP contribution >= 0.6 is 11.6 Å². The number of aromatic nitrogens is 3. The van der Waals surface area contributed by atoms with Gasteiger partial charge in [0.05, 0.1) is 21.8 Å². The van der Waals surface area contributed by atoms with Gasteiger partial charge in [-0.25, -0.2) is 19.3 Å². The predicted octanol–water partition coefficient (Wildman–Crippen LogP) is 3.92. The lowest BCUT2D eigenvalue weighted by Crippen LogP contribution is -2.44. The quantitative estimate of drug-likeness (QED) is 0.344. The highest BCUT2D eigenvalue weighted by molar-refractivity contribution is 6.34. The van der Waals surface area contributed by atoms with E-state index in [0.29, 0.717) is 38.3 Å². The maximum absolute atomic E-state index is 15.6. The van der Waals surface area contributed by atoms with Gasteiger partial charge >= 0.3 is 6.18 Å². The maximum atomic E-state index is 15.6. The Morgan fingerprint density at radius 3 is 2.52 bits per heavy atom. The number of nitrogens with zero attached hydrogens (tertiary/aromatic N) is 5. The van der Waals surface area contributed by atoms with Gasteiger partial charge in [-0.1, -0.05) is 11.6 Å². The molecule has 0 atom stereocenters. The lowest BCUT2D eigenvalue weighted by atomic mass is 10.0. The zero-order valence-electron chi connectivity index (χ0n) is 17.0. The number of pyridine rings is 1. The van der Waals surface area contributed by atoms with Gasteiger partial charge in [-0.05, 0) is 24.3 Å². The molecule has 172 valence electrons. The van der Waals surface area contributed by atoms with Gasteiger partial charge in [-0.3, -0.25) is 4.79 Å². The van der Waals surface area contributed by atoms with Crippen molar-refractivity contribution in [1.82, 2.24) is 19.9 Å². The fraction of sp³-hybridized carbons (Fsp3) is 0.238. The van der Waals surface area contributed by atoms with Crippen LogP contribution in [0.15, 0.2) is 36.8 Å². The number of aldehydes is 1. The largest absolute Gasteiger partial charge is 0.418 e. The Bertz CT molecular complexity index is 1240. The van der Waals surface area contributed by atoms with Gasteiger partial charge in [0.15, 0.2) is 5.82 Å². The number of hydrogen-bond donors (Lipinski definition) is 1. The highest BCUT2D eigenvalue weighted by Gasteiger charge is 2.36. The summed E-state index contributed by atoms with van der Waals surface area (Å²) in [6.07, 6.45) is 0.115. The molecular weight excluding hydrogens is 464 g/mol. The number of carbonyl (C=O) groups excluding carboxylic acids is 1. The van der Waals surface area contributed by atoms with Crippen LogP contribution in [-0.2, 0) is 11.0 Å². The second-order valence-corrected chi connectivity index (χ2v) is 7.68. The van der Waals surface area contributed by atoms with Crippen molar-refractivity contribution < 1.29 is 22.4 Å². The Labute approximate surface area is 190 Å². The number of anilines is 2. The van der Waals surface area contributed by atoms with E-state index in [9.17, 15) is 18.0 Å². The number of alkyl halides is 3. The van der Waals surface area contributed by atoms with Crippen LogP contribution in [0.25, 0.3) is 22.2 Å². The molecule has 1 saturated heterocycles. The number of nitrogens with two attached hydrogens (primary N) is 1. The fourth-order valence-electron chi connectivity index (χ4n) is 3.72.